The number of para-hydroxylation sites is 7. The second-order valence-electron chi connectivity index (χ2n) is 12.0. The van der Waals surface area contributed by atoms with Crippen molar-refractivity contribution in [1.29, 1.82) is 5.26 Å². The van der Waals surface area contributed by atoms with Crippen LogP contribution in [0.15, 0.2) is 156 Å². The summed E-state index contributed by atoms with van der Waals surface area (Å²) in [7, 11) is 0. The number of nitriles is 1. The van der Waals surface area contributed by atoms with Gasteiger partial charge in [-0.1, -0.05) is 115 Å². The minimum Gasteiger partial charge on any atom is -0.453 e. The molecule has 218 valence electrons. The van der Waals surface area contributed by atoms with Gasteiger partial charge in [-0.3, -0.25) is 0 Å². The summed E-state index contributed by atoms with van der Waals surface area (Å²) < 4.78 is 11.6. The van der Waals surface area contributed by atoms with Crippen molar-refractivity contribution in [2.75, 3.05) is 0 Å². The third-order valence-corrected chi connectivity index (χ3v) is 9.57. The van der Waals surface area contributed by atoms with Gasteiger partial charge in [0.15, 0.2) is 5.58 Å². The van der Waals surface area contributed by atoms with Crippen molar-refractivity contribution in [3.8, 4) is 28.6 Å². The fraction of sp³-hybridized carbons (Fsp3) is 0. The number of fused-ring (bicyclic) bond motifs is 9. The average molecular weight is 600 g/mol. The number of hydrogen-bond acceptors (Lipinski definition) is 2. The first kappa shape index (κ1) is 25.7. The maximum absolute atomic E-state index is 10.1. The quantitative estimate of drug-likeness (QED) is 0.203. The molecule has 0 atom stereocenters. The van der Waals surface area contributed by atoms with Gasteiger partial charge in [0.25, 0.3) is 0 Å². The third kappa shape index (κ3) is 3.51. The van der Waals surface area contributed by atoms with Crippen molar-refractivity contribution >= 4 is 65.6 Å². The SMILES string of the molecule is N#Cc1ccccc1-n1c2ccccc2c2cccc(-c3cccc4c3oc3c(-n5c6ccccc6c6ccccc65)cccc34)c21. The van der Waals surface area contributed by atoms with Crippen molar-refractivity contribution in [2.45, 2.75) is 0 Å². The number of hydrogen-bond donors (Lipinski definition) is 0. The number of rotatable bonds is 3. The van der Waals surface area contributed by atoms with E-state index in [9.17, 15) is 5.26 Å². The highest BCUT2D eigenvalue weighted by atomic mass is 16.3. The van der Waals surface area contributed by atoms with Crippen LogP contribution in [-0.4, -0.2) is 9.13 Å². The van der Waals surface area contributed by atoms with E-state index < -0.39 is 0 Å². The Bertz CT molecular complexity index is 2880. The predicted molar refractivity (Wildman–Crippen MR) is 193 cm³/mol. The molecular formula is C43H25N3O. The second kappa shape index (κ2) is 9.71. The molecule has 4 nitrogen and oxygen atoms in total. The maximum Gasteiger partial charge on any atom is 0.159 e. The molecule has 3 aromatic heterocycles. The Hall–Kier alpha value is -6.57. The lowest BCUT2D eigenvalue weighted by atomic mass is 9.99. The highest BCUT2D eigenvalue weighted by Crippen LogP contribution is 2.44. The van der Waals surface area contributed by atoms with Crippen molar-refractivity contribution in [3.05, 3.63) is 157 Å². The van der Waals surface area contributed by atoms with Crippen LogP contribution < -0.4 is 0 Å². The largest absolute Gasteiger partial charge is 0.453 e. The standard InChI is InChI=1S/C43H25N3O/c44-26-27-12-1-5-21-36(27)46-39-24-8-4-15-30(39)31-16-9-17-32(41(31)46)33-18-10-19-34-35-20-11-25-40(43(35)47-42(33)34)45-37-22-6-2-13-28(37)29-14-3-7-23-38(29)45/h1-25H. The van der Waals surface area contributed by atoms with E-state index in [0.29, 0.717) is 5.56 Å². The summed E-state index contributed by atoms with van der Waals surface area (Å²) in [5.74, 6) is 0. The molecule has 0 fully saturated rings. The topological polar surface area (TPSA) is 46.8 Å². The van der Waals surface area contributed by atoms with Crippen LogP contribution in [0.2, 0.25) is 0 Å². The van der Waals surface area contributed by atoms with E-state index in [4.69, 9.17) is 4.42 Å². The van der Waals surface area contributed by atoms with Gasteiger partial charge in [0.1, 0.15) is 11.7 Å². The summed E-state index contributed by atoms with van der Waals surface area (Å²) in [5, 5.41) is 17.0. The van der Waals surface area contributed by atoms with E-state index in [-0.39, 0.29) is 0 Å². The molecule has 0 aliphatic heterocycles. The van der Waals surface area contributed by atoms with E-state index in [0.717, 1.165) is 77.3 Å². The van der Waals surface area contributed by atoms with Gasteiger partial charge < -0.3 is 13.6 Å². The van der Waals surface area contributed by atoms with Crippen LogP contribution in [0.1, 0.15) is 5.56 Å². The Kier molecular flexibility index (Phi) is 5.32. The number of aromatic nitrogens is 2. The van der Waals surface area contributed by atoms with Crippen LogP contribution in [-0.2, 0) is 0 Å². The highest BCUT2D eigenvalue weighted by Gasteiger charge is 2.22. The maximum atomic E-state index is 10.1. The van der Waals surface area contributed by atoms with E-state index in [2.05, 4.69) is 143 Å². The molecule has 0 radical (unpaired) electrons. The van der Waals surface area contributed by atoms with Gasteiger partial charge in [0.05, 0.1) is 39.0 Å². The zero-order valence-electron chi connectivity index (χ0n) is 25.2. The lowest BCUT2D eigenvalue weighted by Crippen LogP contribution is -1.98. The molecule has 4 heteroatoms. The Morgan fingerprint density at radius 2 is 0.894 bits per heavy atom. The lowest BCUT2D eigenvalue weighted by Gasteiger charge is -2.13. The third-order valence-electron chi connectivity index (χ3n) is 9.57. The molecular weight excluding hydrogens is 574 g/mol. The fourth-order valence-electron chi connectivity index (χ4n) is 7.62. The summed E-state index contributed by atoms with van der Waals surface area (Å²) in [6.45, 7) is 0. The normalized spacial score (nSPS) is 11.8. The molecule has 0 saturated carbocycles. The van der Waals surface area contributed by atoms with Crippen LogP contribution >= 0.6 is 0 Å². The van der Waals surface area contributed by atoms with Crippen LogP contribution in [0, 0.1) is 11.3 Å². The van der Waals surface area contributed by atoms with Gasteiger partial charge in [-0.15, -0.1) is 0 Å². The fourth-order valence-corrected chi connectivity index (χ4v) is 7.62. The first-order valence-corrected chi connectivity index (χ1v) is 15.8. The zero-order valence-corrected chi connectivity index (χ0v) is 25.2. The smallest absolute Gasteiger partial charge is 0.159 e. The second-order valence-corrected chi connectivity index (χ2v) is 12.0. The van der Waals surface area contributed by atoms with Gasteiger partial charge in [-0.2, -0.15) is 5.26 Å². The Labute approximate surface area is 269 Å². The minimum atomic E-state index is 0.628. The van der Waals surface area contributed by atoms with Gasteiger partial charge in [0, 0.05) is 43.4 Å². The summed E-state index contributed by atoms with van der Waals surface area (Å²) in [6, 6.07) is 55.1. The van der Waals surface area contributed by atoms with Crippen LogP contribution in [0.4, 0.5) is 0 Å². The number of furan rings is 1. The van der Waals surface area contributed by atoms with Crippen LogP contribution in [0.25, 0.3) is 88.1 Å². The molecule has 0 unspecified atom stereocenters. The van der Waals surface area contributed by atoms with E-state index >= 15 is 0 Å². The summed E-state index contributed by atoms with van der Waals surface area (Å²) in [5.41, 5.74) is 10.6. The first-order chi connectivity index (χ1) is 23.3. The molecule has 3 heterocycles. The van der Waals surface area contributed by atoms with Crippen molar-refractivity contribution in [3.63, 3.8) is 0 Å². The van der Waals surface area contributed by atoms with Crippen LogP contribution in [0.5, 0.6) is 0 Å². The predicted octanol–water partition coefficient (Wildman–Crippen LogP) is 11.3. The Morgan fingerprint density at radius 3 is 1.60 bits per heavy atom. The highest BCUT2D eigenvalue weighted by molar-refractivity contribution is 6.18. The molecule has 7 aromatic carbocycles. The first-order valence-electron chi connectivity index (χ1n) is 15.8. The van der Waals surface area contributed by atoms with Crippen molar-refractivity contribution in [1.82, 2.24) is 9.13 Å². The van der Waals surface area contributed by atoms with Gasteiger partial charge in [-0.25, -0.2) is 0 Å². The summed E-state index contributed by atoms with van der Waals surface area (Å²) >= 11 is 0. The van der Waals surface area contributed by atoms with Gasteiger partial charge in [-0.05, 0) is 36.4 Å². The number of nitrogens with zero attached hydrogens (tertiary/aromatic N) is 3. The number of benzene rings is 7. The molecule has 47 heavy (non-hydrogen) atoms. The van der Waals surface area contributed by atoms with Crippen molar-refractivity contribution in [2.24, 2.45) is 0 Å². The van der Waals surface area contributed by atoms with Gasteiger partial charge in [0.2, 0.25) is 0 Å². The average Bonchev–Trinajstić information content (AvgIpc) is 3.80. The zero-order chi connectivity index (χ0) is 31.1. The van der Waals surface area contributed by atoms with Crippen LogP contribution in [0.3, 0.4) is 0 Å². The molecule has 0 aliphatic carbocycles. The molecule has 0 amide bonds. The molecule has 10 aromatic rings. The molecule has 0 bridgehead atoms. The molecule has 0 aliphatic rings. The van der Waals surface area contributed by atoms with E-state index in [1.54, 1.807) is 0 Å². The van der Waals surface area contributed by atoms with Crippen molar-refractivity contribution < 1.29 is 4.42 Å². The molecule has 10 rings (SSSR count). The van der Waals surface area contributed by atoms with E-state index in [1.807, 2.05) is 24.3 Å². The molecule has 0 saturated heterocycles. The van der Waals surface area contributed by atoms with E-state index in [1.165, 1.54) is 10.8 Å². The monoisotopic (exact) mass is 599 g/mol. The Balaban J connectivity index is 1.31. The molecule has 0 N–H and O–H groups in total. The minimum absolute atomic E-state index is 0.628. The lowest BCUT2D eigenvalue weighted by molar-refractivity contribution is 0.667. The Morgan fingerprint density at radius 1 is 0.404 bits per heavy atom. The summed E-state index contributed by atoms with van der Waals surface area (Å²) in [4.78, 5) is 0. The molecule has 0 spiro atoms. The summed E-state index contributed by atoms with van der Waals surface area (Å²) in [6.07, 6.45) is 0. The van der Waals surface area contributed by atoms with Gasteiger partial charge >= 0.3 is 0 Å².